The predicted molar refractivity (Wildman–Crippen MR) is 64.5 cm³/mol. The van der Waals surface area contributed by atoms with Gasteiger partial charge in [-0.1, -0.05) is 26.0 Å². The Balaban J connectivity index is 2.68. The molecule has 0 aliphatic heterocycles. The zero-order chi connectivity index (χ0) is 11.3. The summed E-state index contributed by atoms with van der Waals surface area (Å²) < 4.78 is 0. The van der Waals surface area contributed by atoms with E-state index >= 15 is 0 Å². The van der Waals surface area contributed by atoms with Crippen molar-refractivity contribution in [1.29, 1.82) is 0 Å². The fourth-order valence-electron chi connectivity index (χ4n) is 1.33. The Bertz CT molecular complexity index is 321. The van der Waals surface area contributed by atoms with E-state index in [9.17, 15) is 4.79 Å². The number of amides is 1. The molecule has 0 aliphatic rings. The minimum Gasteiger partial charge on any atom is -0.325 e. The molecule has 0 radical (unpaired) electrons. The molecule has 1 N–H and O–H groups in total. The number of halogens is 1. The van der Waals surface area contributed by atoms with Crippen LogP contribution in [-0.2, 0) is 4.79 Å². The van der Waals surface area contributed by atoms with E-state index in [0.717, 1.165) is 12.1 Å². The van der Waals surface area contributed by atoms with Crippen molar-refractivity contribution in [3.8, 4) is 0 Å². The van der Waals surface area contributed by atoms with Crippen LogP contribution in [0.15, 0.2) is 24.3 Å². The van der Waals surface area contributed by atoms with Gasteiger partial charge in [0.15, 0.2) is 0 Å². The van der Waals surface area contributed by atoms with Crippen molar-refractivity contribution < 1.29 is 4.79 Å². The predicted octanol–water partition coefficient (Wildman–Crippen LogP) is 3.38. The first-order chi connectivity index (χ1) is 7.17. The molecule has 0 saturated heterocycles. The molecule has 1 aromatic rings. The third kappa shape index (κ3) is 3.56. The molecule has 1 unspecified atom stereocenters. The second-order valence-corrected chi connectivity index (χ2v) is 3.88. The zero-order valence-electron chi connectivity index (χ0n) is 9.09. The molecule has 0 fully saturated rings. The Labute approximate surface area is 95.6 Å². The highest BCUT2D eigenvalue weighted by molar-refractivity contribution is 6.29. The topological polar surface area (TPSA) is 29.1 Å². The smallest absolute Gasteiger partial charge is 0.239 e. The summed E-state index contributed by atoms with van der Waals surface area (Å²) in [6.07, 6.45) is 1.12. The van der Waals surface area contributed by atoms with Crippen molar-refractivity contribution in [2.75, 3.05) is 11.2 Å². The van der Waals surface area contributed by atoms with Gasteiger partial charge in [-0.05, 0) is 30.0 Å². The van der Waals surface area contributed by atoms with E-state index in [1.54, 1.807) is 0 Å². The van der Waals surface area contributed by atoms with E-state index < -0.39 is 0 Å². The monoisotopic (exact) mass is 225 g/mol. The SMILES string of the molecule is CCC(C)c1ccc(NC(=O)CCl)cc1. The van der Waals surface area contributed by atoms with Gasteiger partial charge in [0, 0.05) is 5.69 Å². The second-order valence-electron chi connectivity index (χ2n) is 3.61. The summed E-state index contributed by atoms with van der Waals surface area (Å²) >= 11 is 5.39. The number of carbonyl (C=O) groups is 1. The van der Waals surface area contributed by atoms with Gasteiger partial charge in [0.05, 0.1) is 0 Å². The van der Waals surface area contributed by atoms with Gasteiger partial charge in [-0.15, -0.1) is 11.6 Å². The van der Waals surface area contributed by atoms with Crippen LogP contribution in [0.3, 0.4) is 0 Å². The lowest BCUT2D eigenvalue weighted by Gasteiger charge is -2.09. The zero-order valence-corrected chi connectivity index (χ0v) is 9.84. The van der Waals surface area contributed by atoms with Crippen LogP contribution < -0.4 is 5.32 Å². The molecule has 1 atom stereocenters. The lowest BCUT2D eigenvalue weighted by Crippen LogP contribution is -2.12. The van der Waals surface area contributed by atoms with Crippen LogP contribution in [0.2, 0.25) is 0 Å². The van der Waals surface area contributed by atoms with Crippen LogP contribution in [0.5, 0.6) is 0 Å². The standard InChI is InChI=1S/C12H16ClNO/c1-3-9(2)10-4-6-11(7-5-10)14-12(15)8-13/h4-7,9H,3,8H2,1-2H3,(H,14,15). The third-order valence-corrected chi connectivity index (χ3v) is 2.74. The lowest BCUT2D eigenvalue weighted by atomic mass is 9.99. The van der Waals surface area contributed by atoms with Gasteiger partial charge in [0.1, 0.15) is 5.88 Å². The average Bonchev–Trinajstić information content (AvgIpc) is 2.29. The first kappa shape index (κ1) is 12.1. The number of anilines is 1. The number of nitrogens with one attached hydrogen (secondary N) is 1. The van der Waals surface area contributed by atoms with Gasteiger partial charge >= 0.3 is 0 Å². The molecule has 3 heteroatoms. The van der Waals surface area contributed by atoms with Gasteiger partial charge < -0.3 is 5.32 Å². The van der Waals surface area contributed by atoms with Crippen molar-refractivity contribution in [1.82, 2.24) is 0 Å². The summed E-state index contributed by atoms with van der Waals surface area (Å²) in [5.41, 5.74) is 2.09. The van der Waals surface area contributed by atoms with Gasteiger partial charge in [-0.2, -0.15) is 0 Å². The maximum Gasteiger partial charge on any atom is 0.239 e. The summed E-state index contributed by atoms with van der Waals surface area (Å²) in [5.74, 6) is 0.378. The van der Waals surface area contributed by atoms with Gasteiger partial charge in [0.25, 0.3) is 0 Å². The number of hydrogen-bond donors (Lipinski definition) is 1. The lowest BCUT2D eigenvalue weighted by molar-refractivity contribution is -0.113. The highest BCUT2D eigenvalue weighted by Gasteiger charge is 2.03. The number of alkyl halides is 1. The van der Waals surface area contributed by atoms with E-state index in [2.05, 4.69) is 19.2 Å². The quantitative estimate of drug-likeness (QED) is 0.783. The first-order valence-corrected chi connectivity index (χ1v) is 5.66. The van der Waals surface area contributed by atoms with E-state index in [1.165, 1.54) is 5.56 Å². The minimum absolute atomic E-state index is 0.00683. The van der Waals surface area contributed by atoms with Crippen LogP contribution in [0.4, 0.5) is 5.69 Å². The Kier molecular flexibility index (Phi) is 4.63. The molecular formula is C12H16ClNO. The summed E-state index contributed by atoms with van der Waals surface area (Å²) in [5, 5.41) is 2.70. The molecular weight excluding hydrogens is 210 g/mol. The van der Waals surface area contributed by atoms with Crippen LogP contribution in [0, 0.1) is 0 Å². The number of hydrogen-bond acceptors (Lipinski definition) is 1. The number of rotatable bonds is 4. The van der Waals surface area contributed by atoms with Crippen LogP contribution in [0.1, 0.15) is 31.7 Å². The van der Waals surface area contributed by atoms with E-state index in [4.69, 9.17) is 11.6 Å². The van der Waals surface area contributed by atoms with Crippen LogP contribution in [0.25, 0.3) is 0 Å². The van der Waals surface area contributed by atoms with Crippen LogP contribution in [-0.4, -0.2) is 11.8 Å². The van der Waals surface area contributed by atoms with Gasteiger partial charge in [-0.25, -0.2) is 0 Å². The molecule has 82 valence electrons. The van der Waals surface area contributed by atoms with Crippen molar-refractivity contribution >= 4 is 23.2 Å². The molecule has 15 heavy (non-hydrogen) atoms. The molecule has 0 heterocycles. The highest BCUT2D eigenvalue weighted by Crippen LogP contribution is 2.20. The molecule has 0 spiro atoms. The minimum atomic E-state index is -0.173. The molecule has 1 aromatic carbocycles. The largest absolute Gasteiger partial charge is 0.325 e. The fraction of sp³-hybridized carbons (Fsp3) is 0.417. The summed E-state index contributed by atoms with van der Waals surface area (Å²) in [6, 6.07) is 7.90. The Hall–Kier alpha value is -1.02. The summed E-state index contributed by atoms with van der Waals surface area (Å²) in [7, 11) is 0. The second kappa shape index (κ2) is 5.76. The van der Waals surface area contributed by atoms with Crippen molar-refractivity contribution in [3.63, 3.8) is 0 Å². The molecule has 2 nitrogen and oxygen atoms in total. The Morgan fingerprint density at radius 3 is 2.47 bits per heavy atom. The van der Waals surface area contributed by atoms with Crippen molar-refractivity contribution in [2.24, 2.45) is 0 Å². The molecule has 0 bridgehead atoms. The average molecular weight is 226 g/mol. The number of benzene rings is 1. The van der Waals surface area contributed by atoms with Gasteiger partial charge in [0.2, 0.25) is 5.91 Å². The van der Waals surface area contributed by atoms with Gasteiger partial charge in [-0.3, -0.25) is 4.79 Å². The fourth-order valence-corrected chi connectivity index (χ4v) is 1.39. The van der Waals surface area contributed by atoms with E-state index in [1.807, 2.05) is 24.3 Å². The highest BCUT2D eigenvalue weighted by atomic mass is 35.5. The van der Waals surface area contributed by atoms with Crippen molar-refractivity contribution in [2.45, 2.75) is 26.2 Å². The van der Waals surface area contributed by atoms with E-state index in [-0.39, 0.29) is 11.8 Å². The molecule has 1 rings (SSSR count). The molecule has 1 amide bonds. The van der Waals surface area contributed by atoms with Crippen molar-refractivity contribution in [3.05, 3.63) is 29.8 Å². The molecule has 0 aromatic heterocycles. The maximum atomic E-state index is 11.0. The maximum absolute atomic E-state index is 11.0. The summed E-state index contributed by atoms with van der Waals surface area (Å²) in [4.78, 5) is 11.0. The normalized spacial score (nSPS) is 12.2. The number of carbonyl (C=O) groups excluding carboxylic acids is 1. The molecule has 0 aliphatic carbocycles. The Morgan fingerprint density at radius 2 is 2.00 bits per heavy atom. The summed E-state index contributed by atoms with van der Waals surface area (Å²) in [6.45, 7) is 4.35. The third-order valence-electron chi connectivity index (χ3n) is 2.50. The molecule has 0 saturated carbocycles. The Morgan fingerprint density at radius 1 is 1.40 bits per heavy atom. The van der Waals surface area contributed by atoms with Crippen LogP contribution >= 0.6 is 11.6 Å². The first-order valence-electron chi connectivity index (χ1n) is 5.13. The van der Waals surface area contributed by atoms with E-state index in [0.29, 0.717) is 5.92 Å².